The summed E-state index contributed by atoms with van der Waals surface area (Å²) in [6.07, 6.45) is 1.49. The second kappa shape index (κ2) is 8.63. The van der Waals surface area contributed by atoms with Gasteiger partial charge in [0.1, 0.15) is 23.6 Å². The number of hydrogen-bond acceptors (Lipinski definition) is 6. The summed E-state index contributed by atoms with van der Waals surface area (Å²) in [6, 6.07) is 14.8. The van der Waals surface area contributed by atoms with Crippen LogP contribution in [0.1, 0.15) is 12.5 Å². The van der Waals surface area contributed by atoms with Gasteiger partial charge in [-0.3, -0.25) is 9.59 Å². The van der Waals surface area contributed by atoms with Gasteiger partial charge in [0.05, 0.1) is 6.42 Å². The first-order valence-corrected chi connectivity index (χ1v) is 8.43. The zero-order chi connectivity index (χ0) is 19.9. The van der Waals surface area contributed by atoms with Crippen molar-refractivity contribution >= 4 is 23.3 Å². The molecule has 2 aromatic carbocycles. The lowest BCUT2D eigenvalue weighted by atomic mass is 10.1. The molecule has 0 atom stereocenters. The van der Waals surface area contributed by atoms with Gasteiger partial charge < -0.3 is 20.5 Å². The van der Waals surface area contributed by atoms with E-state index in [-0.39, 0.29) is 29.9 Å². The molecular weight excluding hydrogens is 360 g/mol. The maximum atomic E-state index is 12.1. The molecule has 1 aromatic heterocycles. The van der Waals surface area contributed by atoms with Crippen LogP contribution in [0.5, 0.6) is 17.4 Å². The number of benzene rings is 2. The van der Waals surface area contributed by atoms with Crippen molar-refractivity contribution < 1.29 is 19.4 Å². The molecule has 8 heteroatoms. The van der Waals surface area contributed by atoms with Gasteiger partial charge in [0.2, 0.25) is 17.7 Å². The number of phenols is 1. The molecule has 0 unspecified atom stereocenters. The van der Waals surface area contributed by atoms with Crippen molar-refractivity contribution in [1.82, 2.24) is 9.97 Å². The molecule has 0 saturated carbocycles. The summed E-state index contributed by atoms with van der Waals surface area (Å²) in [5, 5.41) is 14.6. The van der Waals surface area contributed by atoms with Gasteiger partial charge in [-0.1, -0.05) is 12.1 Å². The average Bonchev–Trinajstić information content (AvgIpc) is 2.65. The van der Waals surface area contributed by atoms with Gasteiger partial charge in [-0.05, 0) is 42.0 Å². The third-order valence-corrected chi connectivity index (χ3v) is 3.61. The number of hydrogen-bond donors (Lipinski definition) is 3. The summed E-state index contributed by atoms with van der Waals surface area (Å²) < 4.78 is 5.63. The zero-order valence-electron chi connectivity index (χ0n) is 15.0. The fraction of sp³-hybridized carbons (Fsp3) is 0.100. The van der Waals surface area contributed by atoms with Crippen LogP contribution in [0.4, 0.5) is 11.5 Å². The van der Waals surface area contributed by atoms with Crippen LogP contribution in [-0.4, -0.2) is 26.9 Å². The lowest BCUT2D eigenvalue weighted by Crippen LogP contribution is -2.14. The Morgan fingerprint density at radius 3 is 2.39 bits per heavy atom. The van der Waals surface area contributed by atoms with Crippen molar-refractivity contribution in [2.75, 3.05) is 10.6 Å². The number of carbonyl (C=O) groups excluding carboxylic acids is 2. The van der Waals surface area contributed by atoms with E-state index in [4.69, 9.17) is 4.74 Å². The van der Waals surface area contributed by atoms with E-state index in [0.717, 1.165) is 5.56 Å². The highest BCUT2D eigenvalue weighted by Gasteiger charge is 2.06. The molecule has 1 heterocycles. The van der Waals surface area contributed by atoms with E-state index < -0.39 is 0 Å². The summed E-state index contributed by atoms with van der Waals surface area (Å²) in [6.45, 7) is 1.39. The number of amides is 2. The summed E-state index contributed by atoms with van der Waals surface area (Å²) in [5.41, 5.74) is 1.42. The fourth-order valence-electron chi connectivity index (χ4n) is 2.38. The maximum absolute atomic E-state index is 12.1. The molecule has 0 aliphatic rings. The van der Waals surface area contributed by atoms with Crippen LogP contribution in [0.15, 0.2) is 60.9 Å². The number of carbonyl (C=O) groups is 2. The zero-order valence-corrected chi connectivity index (χ0v) is 15.0. The van der Waals surface area contributed by atoms with Gasteiger partial charge >= 0.3 is 0 Å². The van der Waals surface area contributed by atoms with Gasteiger partial charge in [0, 0.05) is 18.7 Å². The van der Waals surface area contributed by atoms with Gasteiger partial charge in [0.25, 0.3) is 0 Å². The minimum Gasteiger partial charge on any atom is -0.508 e. The highest BCUT2D eigenvalue weighted by molar-refractivity contribution is 5.92. The lowest BCUT2D eigenvalue weighted by Gasteiger charge is -2.08. The molecule has 142 valence electrons. The number of rotatable bonds is 6. The van der Waals surface area contributed by atoms with Gasteiger partial charge in [-0.25, -0.2) is 9.97 Å². The first-order valence-electron chi connectivity index (χ1n) is 8.43. The maximum Gasteiger partial charge on any atom is 0.228 e. The number of nitrogens with zero attached hydrogens (tertiary/aromatic N) is 2. The van der Waals surface area contributed by atoms with E-state index in [1.165, 1.54) is 19.3 Å². The number of aromatic nitrogens is 2. The Kier molecular flexibility index (Phi) is 5.81. The first kappa shape index (κ1) is 18.8. The molecule has 2 amide bonds. The number of anilines is 2. The van der Waals surface area contributed by atoms with Crippen LogP contribution in [0, 0.1) is 0 Å². The second-order valence-electron chi connectivity index (χ2n) is 5.94. The molecule has 0 spiro atoms. The Labute approximate surface area is 161 Å². The topological polar surface area (TPSA) is 113 Å². The Morgan fingerprint density at radius 1 is 1.00 bits per heavy atom. The molecule has 3 rings (SSSR count). The van der Waals surface area contributed by atoms with Gasteiger partial charge in [-0.2, -0.15) is 0 Å². The molecule has 0 fully saturated rings. The normalized spacial score (nSPS) is 10.2. The molecule has 3 aromatic rings. The molecule has 3 N–H and O–H groups in total. The Bertz CT molecular complexity index is 972. The smallest absolute Gasteiger partial charge is 0.228 e. The van der Waals surface area contributed by atoms with E-state index in [9.17, 15) is 14.7 Å². The van der Waals surface area contributed by atoms with Crippen LogP contribution in [0.25, 0.3) is 0 Å². The largest absolute Gasteiger partial charge is 0.508 e. The Hall–Kier alpha value is -3.94. The van der Waals surface area contributed by atoms with E-state index in [2.05, 4.69) is 20.6 Å². The van der Waals surface area contributed by atoms with Crippen LogP contribution >= 0.6 is 0 Å². The monoisotopic (exact) mass is 378 g/mol. The molecule has 0 aliphatic carbocycles. The van der Waals surface area contributed by atoms with Crippen molar-refractivity contribution in [3.8, 4) is 17.4 Å². The lowest BCUT2D eigenvalue weighted by molar-refractivity contribution is -0.116. The quantitative estimate of drug-likeness (QED) is 0.607. The van der Waals surface area contributed by atoms with Gasteiger partial charge in [0.15, 0.2) is 0 Å². The molecule has 28 heavy (non-hydrogen) atoms. The van der Waals surface area contributed by atoms with Crippen molar-refractivity contribution in [3.05, 3.63) is 66.5 Å². The number of aromatic hydroxyl groups is 1. The molecule has 0 aliphatic heterocycles. The first-order chi connectivity index (χ1) is 13.5. The van der Waals surface area contributed by atoms with Crippen molar-refractivity contribution in [1.29, 1.82) is 0 Å². The van der Waals surface area contributed by atoms with E-state index in [1.54, 1.807) is 48.5 Å². The second-order valence-corrected chi connectivity index (χ2v) is 5.94. The standard InChI is InChI=1S/C20H18N4O4/c1-13(25)23-18-11-20(22-12-21-18)28-17-8-4-15(5-9-17)24-19(27)10-14-2-6-16(26)7-3-14/h2-9,11-12,26H,10H2,1H3,(H,24,27)(H,21,22,23,25). The molecule has 0 saturated heterocycles. The van der Waals surface area contributed by atoms with Crippen LogP contribution in [0.2, 0.25) is 0 Å². The Morgan fingerprint density at radius 2 is 1.71 bits per heavy atom. The van der Waals surface area contributed by atoms with Crippen LogP contribution < -0.4 is 15.4 Å². The Balaban J connectivity index is 1.58. The summed E-state index contributed by atoms with van der Waals surface area (Å²) in [5.74, 6) is 0.891. The van der Waals surface area contributed by atoms with Crippen molar-refractivity contribution in [2.24, 2.45) is 0 Å². The third kappa shape index (κ3) is 5.53. The van der Waals surface area contributed by atoms with E-state index in [0.29, 0.717) is 17.3 Å². The minimum atomic E-state index is -0.239. The van der Waals surface area contributed by atoms with Crippen LogP contribution in [-0.2, 0) is 16.0 Å². The predicted molar refractivity (Wildman–Crippen MR) is 103 cm³/mol. The van der Waals surface area contributed by atoms with Gasteiger partial charge in [-0.15, -0.1) is 0 Å². The average molecular weight is 378 g/mol. The summed E-state index contributed by atoms with van der Waals surface area (Å²) in [4.78, 5) is 31.1. The number of nitrogens with one attached hydrogen (secondary N) is 2. The summed E-state index contributed by atoms with van der Waals surface area (Å²) >= 11 is 0. The predicted octanol–water partition coefficient (Wildman–Crippen LogP) is 3.11. The third-order valence-electron chi connectivity index (χ3n) is 3.61. The minimum absolute atomic E-state index is 0.160. The van der Waals surface area contributed by atoms with Crippen molar-refractivity contribution in [3.63, 3.8) is 0 Å². The number of ether oxygens (including phenoxy) is 1. The molecule has 0 radical (unpaired) electrons. The fourth-order valence-corrected chi connectivity index (χ4v) is 2.38. The highest BCUT2D eigenvalue weighted by Crippen LogP contribution is 2.22. The van der Waals surface area contributed by atoms with E-state index >= 15 is 0 Å². The molecular formula is C20H18N4O4. The summed E-state index contributed by atoms with van der Waals surface area (Å²) in [7, 11) is 0. The highest BCUT2D eigenvalue weighted by atomic mass is 16.5. The van der Waals surface area contributed by atoms with Crippen LogP contribution in [0.3, 0.4) is 0 Å². The van der Waals surface area contributed by atoms with Crippen molar-refractivity contribution in [2.45, 2.75) is 13.3 Å². The molecule has 0 bridgehead atoms. The SMILES string of the molecule is CC(=O)Nc1cc(Oc2ccc(NC(=O)Cc3ccc(O)cc3)cc2)ncn1. The number of phenolic OH excluding ortho intramolecular Hbond substituents is 1. The van der Waals surface area contributed by atoms with E-state index in [1.807, 2.05) is 0 Å². The molecule has 8 nitrogen and oxygen atoms in total.